The fourth-order valence-electron chi connectivity index (χ4n) is 3.69. The fourth-order valence-corrected chi connectivity index (χ4v) is 5.09. The molecule has 0 saturated heterocycles. The van der Waals surface area contributed by atoms with Crippen molar-refractivity contribution in [1.29, 1.82) is 0 Å². The molecule has 0 aliphatic rings. The molecule has 0 radical (unpaired) electrons. The van der Waals surface area contributed by atoms with Crippen LogP contribution in [0.4, 0.5) is 10.1 Å². The van der Waals surface area contributed by atoms with E-state index in [4.69, 9.17) is 0 Å². The van der Waals surface area contributed by atoms with Gasteiger partial charge < -0.3 is 5.32 Å². The maximum atomic E-state index is 13.7. The standard InChI is InChI=1S/C29H26FN3O3S/c1-22-4-2-3-5-25(22)21-33(20-24-6-9-26(30)10-7-24)37(35,36)28-13-11-27(12-14-28)32-29(34)15-8-23-16-18-31-19-17-23/h2-19H,20-21H2,1H3,(H,32,34)/b15-8+. The van der Waals surface area contributed by atoms with E-state index in [-0.39, 0.29) is 29.7 Å². The summed E-state index contributed by atoms with van der Waals surface area (Å²) in [6, 6.07) is 23.0. The van der Waals surface area contributed by atoms with Gasteiger partial charge in [0.1, 0.15) is 5.82 Å². The number of rotatable bonds is 9. The number of hydrogen-bond acceptors (Lipinski definition) is 4. The van der Waals surface area contributed by atoms with Crippen LogP contribution in [0, 0.1) is 12.7 Å². The number of nitrogens with one attached hydrogen (secondary N) is 1. The third-order valence-corrected chi connectivity index (χ3v) is 7.58. The third kappa shape index (κ3) is 6.97. The zero-order chi connectivity index (χ0) is 26.3. The second-order valence-corrected chi connectivity index (χ2v) is 10.4. The minimum Gasteiger partial charge on any atom is -0.323 e. The fraction of sp³-hybridized carbons (Fsp3) is 0.103. The molecule has 3 aromatic carbocycles. The zero-order valence-corrected chi connectivity index (χ0v) is 21.0. The second kappa shape index (κ2) is 11.7. The summed E-state index contributed by atoms with van der Waals surface area (Å²) in [7, 11) is -3.91. The normalized spacial score (nSPS) is 11.6. The maximum Gasteiger partial charge on any atom is 0.248 e. The van der Waals surface area contributed by atoms with E-state index in [9.17, 15) is 17.6 Å². The molecule has 1 N–H and O–H groups in total. The van der Waals surface area contributed by atoms with Gasteiger partial charge in [0, 0.05) is 37.2 Å². The van der Waals surface area contributed by atoms with Crippen molar-refractivity contribution in [3.8, 4) is 0 Å². The number of nitrogens with zero attached hydrogens (tertiary/aromatic N) is 2. The summed E-state index contributed by atoms with van der Waals surface area (Å²) < 4.78 is 42.1. The Morgan fingerprint density at radius 2 is 1.59 bits per heavy atom. The average Bonchev–Trinajstić information content (AvgIpc) is 2.90. The van der Waals surface area contributed by atoms with Crippen molar-refractivity contribution in [2.24, 2.45) is 0 Å². The number of anilines is 1. The molecule has 4 aromatic rings. The van der Waals surface area contributed by atoms with Gasteiger partial charge in [-0.2, -0.15) is 4.31 Å². The van der Waals surface area contributed by atoms with Gasteiger partial charge in [0.15, 0.2) is 0 Å². The highest BCUT2D eigenvalue weighted by atomic mass is 32.2. The van der Waals surface area contributed by atoms with Crippen LogP contribution in [0.1, 0.15) is 22.3 Å². The quantitative estimate of drug-likeness (QED) is 0.296. The number of hydrogen-bond donors (Lipinski definition) is 1. The topological polar surface area (TPSA) is 79.4 Å². The largest absolute Gasteiger partial charge is 0.323 e. The van der Waals surface area contributed by atoms with Crippen LogP contribution in [0.5, 0.6) is 0 Å². The summed E-state index contributed by atoms with van der Waals surface area (Å²) in [5.74, 6) is -0.727. The summed E-state index contributed by atoms with van der Waals surface area (Å²) in [6.07, 6.45) is 6.33. The van der Waals surface area contributed by atoms with Crippen LogP contribution in [0.15, 0.2) is 108 Å². The molecule has 1 heterocycles. The first kappa shape index (κ1) is 25.9. The van der Waals surface area contributed by atoms with E-state index in [2.05, 4.69) is 10.3 Å². The lowest BCUT2D eigenvalue weighted by Gasteiger charge is -2.23. The molecule has 0 aliphatic heterocycles. The van der Waals surface area contributed by atoms with Crippen molar-refractivity contribution >= 4 is 27.7 Å². The number of carbonyl (C=O) groups is 1. The number of carbonyl (C=O) groups excluding carboxylic acids is 1. The van der Waals surface area contributed by atoms with E-state index in [1.54, 1.807) is 54.9 Å². The molecule has 1 amide bonds. The minimum absolute atomic E-state index is 0.0786. The summed E-state index contributed by atoms with van der Waals surface area (Å²) in [4.78, 5) is 16.3. The molecule has 0 spiro atoms. The molecule has 0 aliphatic carbocycles. The molecular formula is C29H26FN3O3S. The summed E-state index contributed by atoms with van der Waals surface area (Å²) >= 11 is 0. The number of pyridine rings is 1. The zero-order valence-electron chi connectivity index (χ0n) is 20.2. The molecule has 4 rings (SSSR count). The van der Waals surface area contributed by atoms with Gasteiger partial charge in [0.05, 0.1) is 4.90 Å². The van der Waals surface area contributed by atoms with E-state index < -0.39 is 10.0 Å². The number of aryl methyl sites for hydroxylation is 1. The Bertz CT molecular complexity index is 1490. The van der Waals surface area contributed by atoms with Gasteiger partial charge in [-0.05, 0) is 83.8 Å². The predicted molar refractivity (Wildman–Crippen MR) is 142 cm³/mol. The Morgan fingerprint density at radius 1 is 0.919 bits per heavy atom. The van der Waals surface area contributed by atoms with Crippen LogP contribution >= 0.6 is 0 Å². The third-order valence-electron chi connectivity index (χ3n) is 5.77. The molecule has 8 heteroatoms. The molecule has 37 heavy (non-hydrogen) atoms. The SMILES string of the molecule is Cc1ccccc1CN(Cc1ccc(F)cc1)S(=O)(=O)c1ccc(NC(=O)/C=C/c2ccncc2)cc1. The first-order valence-electron chi connectivity index (χ1n) is 11.6. The lowest BCUT2D eigenvalue weighted by Crippen LogP contribution is -2.30. The molecule has 1 aromatic heterocycles. The molecule has 0 unspecified atom stereocenters. The van der Waals surface area contributed by atoms with E-state index >= 15 is 0 Å². The number of halogens is 1. The smallest absolute Gasteiger partial charge is 0.248 e. The van der Waals surface area contributed by atoms with Gasteiger partial charge in [-0.15, -0.1) is 0 Å². The van der Waals surface area contributed by atoms with Crippen LogP contribution in [0.3, 0.4) is 0 Å². The first-order valence-corrected chi connectivity index (χ1v) is 13.0. The number of sulfonamides is 1. The van der Waals surface area contributed by atoms with Gasteiger partial charge in [0.25, 0.3) is 0 Å². The van der Waals surface area contributed by atoms with Gasteiger partial charge in [-0.25, -0.2) is 12.8 Å². The van der Waals surface area contributed by atoms with Crippen LogP contribution in [-0.4, -0.2) is 23.6 Å². The lowest BCUT2D eigenvalue weighted by molar-refractivity contribution is -0.111. The highest BCUT2D eigenvalue weighted by Gasteiger charge is 2.25. The molecule has 0 atom stereocenters. The molecule has 0 fully saturated rings. The molecule has 0 saturated carbocycles. The van der Waals surface area contributed by atoms with Gasteiger partial charge in [-0.3, -0.25) is 9.78 Å². The molecule has 0 bridgehead atoms. The van der Waals surface area contributed by atoms with Crippen molar-refractivity contribution in [1.82, 2.24) is 9.29 Å². The Hall–Kier alpha value is -4.14. The van der Waals surface area contributed by atoms with Crippen LogP contribution in [0.2, 0.25) is 0 Å². The summed E-state index contributed by atoms with van der Waals surface area (Å²) in [6.45, 7) is 2.17. The van der Waals surface area contributed by atoms with Gasteiger partial charge >= 0.3 is 0 Å². The van der Waals surface area contributed by atoms with E-state index in [1.807, 2.05) is 31.2 Å². The monoisotopic (exact) mass is 515 g/mol. The molecule has 6 nitrogen and oxygen atoms in total. The highest BCUT2D eigenvalue weighted by molar-refractivity contribution is 7.89. The highest BCUT2D eigenvalue weighted by Crippen LogP contribution is 2.24. The lowest BCUT2D eigenvalue weighted by atomic mass is 10.1. The van der Waals surface area contributed by atoms with Crippen molar-refractivity contribution in [3.05, 3.63) is 131 Å². The first-order chi connectivity index (χ1) is 17.8. The Labute approximate surface area is 216 Å². The van der Waals surface area contributed by atoms with Crippen LogP contribution in [0.25, 0.3) is 6.08 Å². The maximum absolute atomic E-state index is 13.7. The number of aromatic nitrogens is 1. The van der Waals surface area contributed by atoms with Gasteiger partial charge in [-0.1, -0.05) is 36.4 Å². The van der Waals surface area contributed by atoms with Crippen molar-refractivity contribution in [3.63, 3.8) is 0 Å². The van der Waals surface area contributed by atoms with Crippen molar-refractivity contribution in [2.75, 3.05) is 5.32 Å². The Morgan fingerprint density at radius 3 is 2.27 bits per heavy atom. The number of benzene rings is 3. The van der Waals surface area contributed by atoms with Crippen LogP contribution < -0.4 is 5.32 Å². The number of amides is 1. The summed E-state index contributed by atoms with van der Waals surface area (Å²) in [5, 5.41) is 2.73. The molecule has 188 valence electrons. The van der Waals surface area contributed by atoms with Gasteiger partial charge in [0.2, 0.25) is 15.9 Å². The second-order valence-electron chi connectivity index (χ2n) is 8.45. The molecular weight excluding hydrogens is 489 g/mol. The minimum atomic E-state index is -3.91. The van der Waals surface area contributed by atoms with Crippen molar-refractivity contribution in [2.45, 2.75) is 24.9 Å². The Balaban J connectivity index is 1.53. The Kier molecular flexibility index (Phi) is 8.22. The van der Waals surface area contributed by atoms with Crippen molar-refractivity contribution < 1.29 is 17.6 Å². The van der Waals surface area contributed by atoms with Crippen LogP contribution in [-0.2, 0) is 27.9 Å². The predicted octanol–water partition coefficient (Wildman–Crippen LogP) is 5.57. The summed E-state index contributed by atoms with van der Waals surface area (Å²) in [5.41, 5.74) is 3.81. The van der Waals surface area contributed by atoms with E-state index in [0.29, 0.717) is 11.3 Å². The van der Waals surface area contributed by atoms with E-state index in [1.165, 1.54) is 34.6 Å². The van der Waals surface area contributed by atoms with E-state index in [0.717, 1.165) is 16.7 Å². The average molecular weight is 516 g/mol.